The number of aliphatic hydroxyl groups excluding tert-OH is 1. The summed E-state index contributed by atoms with van der Waals surface area (Å²) >= 11 is 0. The lowest BCUT2D eigenvalue weighted by Crippen LogP contribution is -2.27. The summed E-state index contributed by atoms with van der Waals surface area (Å²) in [5.41, 5.74) is 0. The minimum absolute atomic E-state index is 0.0128. The van der Waals surface area contributed by atoms with Crippen LogP contribution in [0.5, 0.6) is 0 Å². The zero-order valence-corrected chi connectivity index (χ0v) is 29.9. The first-order valence-electron chi connectivity index (χ1n) is 19.2. The van der Waals surface area contributed by atoms with Gasteiger partial charge in [-0.15, -0.1) is 0 Å². The number of hydrogen-bond donors (Lipinski definition) is 1. The number of carbonyl (C=O) groups is 2. The minimum atomic E-state index is 0.0128. The minimum Gasteiger partial charge on any atom is -0.465 e. The highest BCUT2D eigenvalue weighted by Crippen LogP contribution is 2.17. The van der Waals surface area contributed by atoms with E-state index in [1.807, 2.05) is 0 Å². The summed E-state index contributed by atoms with van der Waals surface area (Å²) in [4.78, 5) is 27.0. The molecular weight excluding hydrogens is 550 g/mol. The molecule has 0 aliphatic rings. The molecule has 1 unspecified atom stereocenters. The van der Waals surface area contributed by atoms with E-state index in [0.717, 1.165) is 96.4 Å². The molecular formula is C38H75NO5. The highest BCUT2D eigenvalue weighted by Gasteiger charge is 2.17. The number of rotatable bonds is 34. The fraction of sp³-hybridized carbons (Fsp3) is 0.947. The molecule has 0 fully saturated rings. The van der Waals surface area contributed by atoms with Crippen LogP contribution in [-0.4, -0.2) is 61.4 Å². The smallest absolute Gasteiger partial charge is 0.308 e. The maximum absolute atomic E-state index is 12.2. The quantitative estimate of drug-likeness (QED) is 0.0566. The Kier molecular flexibility index (Phi) is 32.4. The van der Waals surface area contributed by atoms with Gasteiger partial charge in [0, 0.05) is 6.61 Å². The molecule has 0 amide bonds. The van der Waals surface area contributed by atoms with Crippen LogP contribution in [0.3, 0.4) is 0 Å². The van der Waals surface area contributed by atoms with Gasteiger partial charge >= 0.3 is 11.9 Å². The van der Waals surface area contributed by atoms with Crippen LogP contribution in [0.4, 0.5) is 0 Å². The van der Waals surface area contributed by atoms with E-state index in [1.165, 1.54) is 77.3 Å². The van der Waals surface area contributed by atoms with Gasteiger partial charge in [0.15, 0.2) is 0 Å². The predicted molar refractivity (Wildman–Crippen MR) is 186 cm³/mol. The number of esters is 2. The third-order valence-electron chi connectivity index (χ3n) is 9.07. The van der Waals surface area contributed by atoms with Crippen molar-refractivity contribution >= 4 is 11.9 Å². The lowest BCUT2D eigenvalue weighted by atomic mass is 10.00. The monoisotopic (exact) mass is 626 g/mol. The van der Waals surface area contributed by atoms with Crippen molar-refractivity contribution in [1.29, 1.82) is 0 Å². The summed E-state index contributed by atoms with van der Waals surface area (Å²) in [6, 6.07) is 0. The van der Waals surface area contributed by atoms with Gasteiger partial charge in [-0.1, -0.05) is 118 Å². The molecule has 6 heteroatoms. The summed E-state index contributed by atoms with van der Waals surface area (Å²) in [6.07, 6.45) is 27.1. The fourth-order valence-corrected chi connectivity index (χ4v) is 5.88. The van der Waals surface area contributed by atoms with Crippen LogP contribution < -0.4 is 0 Å². The van der Waals surface area contributed by atoms with Crippen LogP contribution >= 0.6 is 0 Å². The second kappa shape index (κ2) is 33.2. The average molecular weight is 626 g/mol. The summed E-state index contributed by atoms with van der Waals surface area (Å²) in [7, 11) is 0. The normalized spacial score (nSPS) is 12.9. The summed E-state index contributed by atoms with van der Waals surface area (Å²) in [5.74, 6) is 0.206. The first-order valence-corrected chi connectivity index (χ1v) is 19.2. The first-order chi connectivity index (χ1) is 21.5. The van der Waals surface area contributed by atoms with E-state index in [0.29, 0.717) is 19.8 Å². The Morgan fingerprint density at radius 1 is 0.500 bits per heavy atom. The first kappa shape index (κ1) is 42.9. The van der Waals surface area contributed by atoms with Gasteiger partial charge in [-0.05, 0) is 83.8 Å². The van der Waals surface area contributed by atoms with Crippen LogP contribution in [0.25, 0.3) is 0 Å². The van der Waals surface area contributed by atoms with Crippen molar-refractivity contribution in [2.75, 3.05) is 39.5 Å². The molecule has 1 N–H and O–H groups in total. The van der Waals surface area contributed by atoms with Crippen molar-refractivity contribution in [3.63, 3.8) is 0 Å². The topological polar surface area (TPSA) is 76.1 Å². The molecule has 0 rings (SSSR count). The third-order valence-corrected chi connectivity index (χ3v) is 9.07. The highest BCUT2D eigenvalue weighted by molar-refractivity contribution is 5.72. The lowest BCUT2D eigenvalue weighted by molar-refractivity contribution is -0.150. The molecule has 262 valence electrons. The Morgan fingerprint density at radius 2 is 0.841 bits per heavy atom. The lowest BCUT2D eigenvalue weighted by Gasteiger charge is -2.22. The second-order valence-electron chi connectivity index (χ2n) is 13.1. The van der Waals surface area contributed by atoms with Gasteiger partial charge in [-0.3, -0.25) is 9.59 Å². The predicted octanol–water partition coefficient (Wildman–Crippen LogP) is 10.0. The van der Waals surface area contributed by atoms with Gasteiger partial charge in [0.1, 0.15) is 0 Å². The van der Waals surface area contributed by atoms with E-state index in [4.69, 9.17) is 9.47 Å². The van der Waals surface area contributed by atoms with E-state index < -0.39 is 0 Å². The van der Waals surface area contributed by atoms with Crippen molar-refractivity contribution in [3.05, 3.63) is 0 Å². The molecule has 6 nitrogen and oxygen atoms in total. The van der Waals surface area contributed by atoms with Crippen molar-refractivity contribution in [2.24, 2.45) is 11.8 Å². The number of aliphatic hydroxyl groups is 1. The summed E-state index contributed by atoms with van der Waals surface area (Å²) < 4.78 is 11.1. The molecule has 0 aromatic rings. The van der Waals surface area contributed by atoms with Gasteiger partial charge in [0.25, 0.3) is 0 Å². The van der Waals surface area contributed by atoms with Crippen LogP contribution in [0.2, 0.25) is 0 Å². The SMILES string of the molecule is CCCCC(CC)C(=O)OCCCCCCCCCN(CCCCO)CCCCCCCCCOC(=O)[C@H](CC)CCCC. The van der Waals surface area contributed by atoms with Crippen molar-refractivity contribution < 1.29 is 24.2 Å². The van der Waals surface area contributed by atoms with Crippen LogP contribution in [-0.2, 0) is 19.1 Å². The van der Waals surface area contributed by atoms with Crippen LogP contribution in [0.15, 0.2) is 0 Å². The summed E-state index contributed by atoms with van der Waals surface area (Å²) in [6.45, 7) is 13.4. The Morgan fingerprint density at radius 3 is 1.18 bits per heavy atom. The Hall–Kier alpha value is -1.14. The third kappa shape index (κ3) is 26.1. The van der Waals surface area contributed by atoms with Gasteiger partial charge in [0.2, 0.25) is 0 Å². The molecule has 0 spiro atoms. The van der Waals surface area contributed by atoms with Gasteiger partial charge in [-0.2, -0.15) is 0 Å². The molecule has 2 atom stereocenters. The maximum atomic E-state index is 12.2. The number of ether oxygens (including phenoxy) is 2. The van der Waals surface area contributed by atoms with Gasteiger partial charge < -0.3 is 19.5 Å². The zero-order valence-electron chi connectivity index (χ0n) is 29.9. The molecule has 0 heterocycles. The maximum Gasteiger partial charge on any atom is 0.308 e. The van der Waals surface area contributed by atoms with Crippen molar-refractivity contribution in [3.8, 4) is 0 Å². The molecule has 0 aromatic heterocycles. The average Bonchev–Trinajstić information content (AvgIpc) is 3.03. The molecule has 44 heavy (non-hydrogen) atoms. The Labute approximate surface area is 273 Å². The standard InChI is InChI=1S/C38H75NO5/c1-5-9-27-35(7-3)37(41)43-33-25-19-15-11-13-17-21-29-39(31-23-24-32-40)30-22-18-14-12-16-20-26-34-44-38(42)36(8-4)28-10-6-2/h35-36,40H,5-34H2,1-4H3/t35-,36?/m1/s1. The Balaban J connectivity index is 3.83. The van der Waals surface area contributed by atoms with Crippen molar-refractivity contribution in [1.82, 2.24) is 4.90 Å². The highest BCUT2D eigenvalue weighted by atomic mass is 16.5. The fourth-order valence-electron chi connectivity index (χ4n) is 5.88. The summed E-state index contributed by atoms with van der Waals surface area (Å²) in [5, 5.41) is 9.20. The number of carbonyl (C=O) groups excluding carboxylic acids is 2. The molecule has 0 saturated heterocycles. The largest absolute Gasteiger partial charge is 0.465 e. The van der Waals surface area contributed by atoms with Crippen LogP contribution in [0, 0.1) is 11.8 Å². The molecule has 0 saturated carbocycles. The molecule has 0 aliphatic heterocycles. The van der Waals surface area contributed by atoms with E-state index in [-0.39, 0.29) is 23.8 Å². The molecule has 0 bridgehead atoms. The van der Waals surface area contributed by atoms with E-state index in [1.54, 1.807) is 0 Å². The van der Waals surface area contributed by atoms with Crippen molar-refractivity contribution in [2.45, 2.75) is 182 Å². The van der Waals surface area contributed by atoms with Gasteiger partial charge in [-0.25, -0.2) is 0 Å². The van der Waals surface area contributed by atoms with Crippen LogP contribution in [0.1, 0.15) is 182 Å². The molecule has 0 aromatic carbocycles. The number of unbranched alkanes of at least 4 members (excludes halogenated alkanes) is 15. The second-order valence-corrected chi connectivity index (χ2v) is 13.1. The Bertz CT molecular complexity index is 580. The number of nitrogens with zero attached hydrogens (tertiary/aromatic N) is 1. The van der Waals surface area contributed by atoms with E-state index in [2.05, 4.69) is 32.6 Å². The molecule has 0 radical (unpaired) electrons. The van der Waals surface area contributed by atoms with Gasteiger partial charge in [0.05, 0.1) is 25.0 Å². The zero-order chi connectivity index (χ0) is 32.5. The number of hydrogen-bond acceptors (Lipinski definition) is 6. The van der Waals surface area contributed by atoms with E-state index in [9.17, 15) is 14.7 Å². The molecule has 0 aliphatic carbocycles. The van der Waals surface area contributed by atoms with E-state index >= 15 is 0 Å².